The predicted molar refractivity (Wildman–Crippen MR) is 101 cm³/mol. The van der Waals surface area contributed by atoms with Crippen molar-refractivity contribution in [2.75, 3.05) is 26.2 Å². The fourth-order valence-corrected chi connectivity index (χ4v) is 3.70. The number of aliphatic imine (C=N–C) groups is 1. The fraction of sp³-hybridized carbons (Fsp3) is 0.938. The van der Waals surface area contributed by atoms with Gasteiger partial charge in [-0.15, -0.1) is 24.0 Å². The van der Waals surface area contributed by atoms with Crippen molar-refractivity contribution >= 4 is 29.9 Å². The first-order valence-corrected chi connectivity index (χ1v) is 8.48. The molecule has 2 rings (SSSR count). The minimum atomic E-state index is 0. The summed E-state index contributed by atoms with van der Waals surface area (Å²) >= 11 is 0. The Labute approximate surface area is 147 Å². The van der Waals surface area contributed by atoms with Gasteiger partial charge in [0.15, 0.2) is 5.96 Å². The summed E-state index contributed by atoms with van der Waals surface area (Å²) in [5, 5.41) is 3.33. The number of halogens is 1. The molecule has 1 saturated carbocycles. The van der Waals surface area contributed by atoms with Gasteiger partial charge >= 0.3 is 0 Å². The maximum absolute atomic E-state index is 6.02. The lowest BCUT2D eigenvalue weighted by molar-refractivity contribution is 0.262. The van der Waals surface area contributed by atoms with Crippen LogP contribution in [0, 0.1) is 11.8 Å². The first-order chi connectivity index (χ1) is 9.70. The van der Waals surface area contributed by atoms with E-state index in [1.807, 2.05) is 0 Å². The molecule has 0 amide bonds. The van der Waals surface area contributed by atoms with Gasteiger partial charge in [0, 0.05) is 19.1 Å². The minimum absolute atomic E-state index is 0. The molecule has 0 spiro atoms. The van der Waals surface area contributed by atoms with Gasteiger partial charge in [0.25, 0.3) is 0 Å². The second kappa shape index (κ2) is 9.87. The van der Waals surface area contributed by atoms with Crippen molar-refractivity contribution in [3.05, 3.63) is 0 Å². The van der Waals surface area contributed by atoms with E-state index in [9.17, 15) is 0 Å². The molecule has 1 heterocycles. The van der Waals surface area contributed by atoms with E-state index in [1.54, 1.807) is 0 Å². The molecule has 0 bridgehead atoms. The van der Waals surface area contributed by atoms with Gasteiger partial charge in [-0.2, -0.15) is 0 Å². The van der Waals surface area contributed by atoms with Crippen LogP contribution in [0.2, 0.25) is 0 Å². The van der Waals surface area contributed by atoms with Crippen molar-refractivity contribution in [3.8, 4) is 0 Å². The zero-order valence-electron chi connectivity index (χ0n) is 13.7. The van der Waals surface area contributed by atoms with Gasteiger partial charge in [-0.05, 0) is 44.2 Å². The van der Waals surface area contributed by atoms with Crippen LogP contribution in [0.25, 0.3) is 0 Å². The maximum Gasteiger partial charge on any atom is 0.188 e. The molecule has 3 N–H and O–H groups in total. The predicted octanol–water partition coefficient (Wildman–Crippen LogP) is 2.82. The number of nitrogens with one attached hydrogen (secondary N) is 1. The number of nitrogens with zero attached hydrogens (tertiary/aromatic N) is 2. The Bertz CT molecular complexity index is 321. The van der Waals surface area contributed by atoms with E-state index in [4.69, 9.17) is 5.73 Å². The Kier molecular flexibility index (Phi) is 8.94. The number of likely N-dealkylation sites (N-methyl/N-ethyl adjacent to an activating group) is 1. The normalized spacial score (nSPS) is 31.0. The third-order valence-corrected chi connectivity index (χ3v) is 5.21. The van der Waals surface area contributed by atoms with Crippen LogP contribution in [0.4, 0.5) is 0 Å². The van der Waals surface area contributed by atoms with Gasteiger partial charge in [-0.1, -0.05) is 33.1 Å². The molecule has 124 valence electrons. The van der Waals surface area contributed by atoms with Crippen LogP contribution in [-0.2, 0) is 0 Å². The molecule has 4 nitrogen and oxygen atoms in total. The largest absolute Gasteiger partial charge is 0.370 e. The summed E-state index contributed by atoms with van der Waals surface area (Å²) in [5.74, 6) is 2.19. The number of hydrogen-bond donors (Lipinski definition) is 2. The molecule has 3 unspecified atom stereocenters. The SMILES string of the molecule is CCN1CCCC1CNC(N)=NCC1CCCCC1C.I. The van der Waals surface area contributed by atoms with Gasteiger partial charge in [0.1, 0.15) is 0 Å². The average molecular weight is 408 g/mol. The molecular weight excluding hydrogens is 375 g/mol. The van der Waals surface area contributed by atoms with Crippen LogP contribution in [0.1, 0.15) is 52.4 Å². The summed E-state index contributed by atoms with van der Waals surface area (Å²) in [6.07, 6.45) is 8.05. The summed E-state index contributed by atoms with van der Waals surface area (Å²) in [6, 6.07) is 0.641. The highest BCUT2D eigenvalue weighted by Crippen LogP contribution is 2.29. The van der Waals surface area contributed by atoms with Crippen molar-refractivity contribution < 1.29 is 0 Å². The summed E-state index contributed by atoms with van der Waals surface area (Å²) in [6.45, 7) is 8.83. The lowest BCUT2D eigenvalue weighted by atomic mass is 9.80. The third-order valence-electron chi connectivity index (χ3n) is 5.21. The molecule has 5 heteroatoms. The number of likely N-dealkylation sites (tertiary alicyclic amines) is 1. The molecule has 3 atom stereocenters. The maximum atomic E-state index is 6.02. The zero-order chi connectivity index (χ0) is 14.4. The van der Waals surface area contributed by atoms with Gasteiger partial charge in [0.2, 0.25) is 0 Å². The molecule has 2 fully saturated rings. The molecular formula is C16H33IN4. The molecule has 0 radical (unpaired) electrons. The highest BCUT2D eigenvalue weighted by Gasteiger charge is 2.23. The Hall–Kier alpha value is -0.0400. The topological polar surface area (TPSA) is 53.6 Å². The van der Waals surface area contributed by atoms with Crippen LogP contribution in [0.5, 0.6) is 0 Å². The first kappa shape index (κ1) is 19.0. The number of hydrogen-bond acceptors (Lipinski definition) is 2. The van der Waals surface area contributed by atoms with E-state index >= 15 is 0 Å². The van der Waals surface area contributed by atoms with Gasteiger partial charge in [-0.25, -0.2) is 0 Å². The average Bonchev–Trinajstić information content (AvgIpc) is 2.91. The molecule has 0 aromatic rings. The summed E-state index contributed by atoms with van der Waals surface area (Å²) in [7, 11) is 0. The first-order valence-electron chi connectivity index (χ1n) is 8.48. The molecule has 1 saturated heterocycles. The van der Waals surface area contributed by atoms with Crippen molar-refractivity contribution in [1.29, 1.82) is 0 Å². The van der Waals surface area contributed by atoms with Crippen molar-refractivity contribution in [2.24, 2.45) is 22.6 Å². The van der Waals surface area contributed by atoms with E-state index in [1.165, 1.54) is 45.1 Å². The quantitative estimate of drug-likeness (QED) is 0.418. The van der Waals surface area contributed by atoms with Crippen LogP contribution in [0.3, 0.4) is 0 Å². The van der Waals surface area contributed by atoms with E-state index in [0.29, 0.717) is 12.0 Å². The van der Waals surface area contributed by atoms with Gasteiger partial charge < -0.3 is 11.1 Å². The second-order valence-corrected chi connectivity index (χ2v) is 6.55. The van der Waals surface area contributed by atoms with Crippen molar-refractivity contribution in [1.82, 2.24) is 10.2 Å². The Balaban J connectivity index is 0.00000220. The lowest BCUT2D eigenvalue weighted by Gasteiger charge is -2.27. The molecule has 2 aliphatic rings. The summed E-state index contributed by atoms with van der Waals surface area (Å²) in [5.41, 5.74) is 6.02. The number of guanidine groups is 1. The molecule has 1 aliphatic carbocycles. The minimum Gasteiger partial charge on any atom is -0.370 e. The van der Waals surface area contributed by atoms with Crippen molar-refractivity contribution in [3.63, 3.8) is 0 Å². The lowest BCUT2D eigenvalue weighted by Crippen LogP contribution is -2.43. The van der Waals surface area contributed by atoms with Crippen LogP contribution >= 0.6 is 24.0 Å². The van der Waals surface area contributed by atoms with E-state index in [2.05, 4.69) is 29.1 Å². The highest BCUT2D eigenvalue weighted by atomic mass is 127. The Morgan fingerprint density at radius 3 is 2.71 bits per heavy atom. The van der Waals surface area contributed by atoms with Gasteiger partial charge in [-0.3, -0.25) is 9.89 Å². The van der Waals surface area contributed by atoms with Gasteiger partial charge in [0.05, 0.1) is 0 Å². The van der Waals surface area contributed by atoms with E-state index in [0.717, 1.165) is 31.5 Å². The fourth-order valence-electron chi connectivity index (χ4n) is 3.70. The number of rotatable bonds is 5. The number of nitrogens with two attached hydrogens (primary N) is 1. The van der Waals surface area contributed by atoms with Crippen LogP contribution in [0.15, 0.2) is 4.99 Å². The molecule has 0 aromatic carbocycles. The third kappa shape index (κ3) is 5.93. The molecule has 1 aliphatic heterocycles. The zero-order valence-corrected chi connectivity index (χ0v) is 16.0. The van der Waals surface area contributed by atoms with E-state index < -0.39 is 0 Å². The summed E-state index contributed by atoms with van der Waals surface area (Å²) in [4.78, 5) is 7.11. The Morgan fingerprint density at radius 1 is 1.24 bits per heavy atom. The summed E-state index contributed by atoms with van der Waals surface area (Å²) < 4.78 is 0. The van der Waals surface area contributed by atoms with Crippen LogP contribution in [-0.4, -0.2) is 43.1 Å². The smallest absolute Gasteiger partial charge is 0.188 e. The standard InChI is InChI=1S/C16H32N4.HI/c1-3-20-10-6-9-15(20)12-19-16(17)18-11-14-8-5-4-7-13(14)2;/h13-15H,3-12H2,1-2H3,(H3,17,18,19);1H. The van der Waals surface area contributed by atoms with E-state index in [-0.39, 0.29) is 24.0 Å². The highest BCUT2D eigenvalue weighted by molar-refractivity contribution is 14.0. The van der Waals surface area contributed by atoms with Crippen LogP contribution < -0.4 is 11.1 Å². The molecule has 21 heavy (non-hydrogen) atoms. The monoisotopic (exact) mass is 408 g/mol. The van der Waals surface area contributed by atoms with Crippen molar-refractivity contribution in [2.45, 2.75) is 58.4 Å². The molecule has 0 aromatic heterocycles. The Morgan fingerprint density at radius 2 is 2.00 bits per heavy atom. The second-order valence-electron chi connectivity index (χ2n) is 6.55.